The molecule has 3 aromatic rings. The highest BCUT2D eigenvalue weighted by molar-refractivity contribution is 8.00. The number of thioether (sulfide) groups is 1. The van der Waals surface area contributed by atoms with Crippen molar-refractivity contribution in [2.45, 2.75) is 16.8 Å². The Labute approximate surface area is 161 Å². The van der Waals surface area contributed by atoms with Crippen molar-refractivity contribution in [3.05, 3.63) is 54.4 Å². The zero-order valence-corrected chi connectivity index (χ0v) is 16.4. The smallest absolute Gasteiger partial charge is 0.240 e. The molecule has 7 nitrogen and oxygen atoms in total. The summed E-state index contributed by atoms with van der Waals surface area (Å²) in [5.74, 6) is -0.109. The minimum Gasteiger partial charge on any atom is -0.325 e. The number of fused-ring (bicyclic) bond motifs is 1. The van der Waals surface area contributed by atoms with Crippen LogP contribution in [0.4, 0.5) is 5.69 Å². The number of nitrogens with zero attached hydrogens (tertiary/aromatic N) is 2. The molecule has 0 bridgehead atoms. The highest BCUT2D eigenvalue weighted by Crippen LogP contribution is 2.25. The molecule has 0 spiro atoms. The summed E-state index contributed by atoms with van der Waals surface area (Å²) in [6.07, 6.45) is 1.47. The number of amides is 1. The number of carbonyl (C=O) groups is 1. The van der Waals surface area contributed by atoms with Gasteiger partial charge in [-0.1, -0.05) is 36.0 Å². The fourth-order valence-corrected chi connectivity index (χ4v) is 4.29. The Hall–Kier alpha value is -2.49. The van der Waals surface area contributed by atoms with Crippen LogP contribution in [0.1, 0.15) is 5.56 Å². The standard InChI is InChI=1S/C18H18N4O3S2/c1-12-7-8-13(9-16(12)27(24,25)19-2)22-17(23)10-26-18-14-5-3-4-6-15(14)20-11-21-18/h3-9,11,19H,10H2,1-2H3,(H,22,23). The van der Waals surface area contributed by atoms with Crippen molar-refractivity contribution in [1.82, 2.24) is 14.7 Å². The Kier molecular flexibility index (Phi) is 5.73. The topological polar surface area (TPSA) is 101 Å². The van der Waals surface area contributed by atoms with Crippen LogP contribution < -0.4 is 10.0 Å². The second kappa shape index (κ2) is 8.03. The van der Waals surface area contributed by atoms with Crippen molar-refractivity contribution in [3.8, 4) is 0 Å². The molecule has 3 rings (SSSR count). The molecule has 9 heteroatoms. The number of rotatable bonds is 6. The summed E-state index contributed by atoms with van der Waals surface area (Å²) in [6, 6.07) is 12.4. The van der Waals surface area contributed by atoms with Crippen molar-refractivity contribution >= 4 is 44.3 Å². The lowest BCUT2D eigenvalue weighted by Gasteiger charge is -2.10. The van der Waals surface area contributed by atoms with Gasteiger partial charge in [-0.2, -0.15) is 0 Å². The molecule has 0 saturated carbocycles. The number of hydrogen-bond acceptors (Lipinski definition) is 6. The van der Waals surface area contributed by atoms with E-state index < -0.39 is 10.0 Å². The fourth-order valence-electron chi connectivity index (χ4n) is 2.50. The largest absolute Gasteiger partial charge is 0.325 e. The maximum Gasteiger partial charge on any atom is 0.240 e. The van der Waals surface area contributed by atoms with Gasteiger partial charge in [0.1, 0.15) is 11.4 Å². The van der Waals surface area contributed by atoms with Gasteiger partial charge in [0.15, 0.2) is 0 Å². The number of benzene rings is 2. The van der Waals surface area contributed by atoms with E-state index in [-0.39, 0.29) is 16.6 Å². The van der Waals surface area contributed by atoms with Crippen molar-refractivity contribution in [3.63, 3.8) is 0 Å². The van der Waals surface area contributed by atoms with Gasteiger partial charge in [-0.15, -0.1) is 0 Å². The molecule has 0 aliphatic carbocycles. The molecule has 0 unspecified atom stereocenters. The first-order chi connectivity index (χ1) is 12.9. The van der Waals surface area contributed by atoms with Crippen LogP contribution in [0.3, 0.4) is 0 Å². The zero-order valence-electron chi connectivity index (χ0n) is 14.8. The Morgan fingerprint density at radius 1 is 1.15 bits per heavy atom. The number of para-hydroxylation sites is 1. The van der Waals surface area contributed by atoms with Gasteiger partial charge in [-0.3, -0.25) is 4.79 Å². The number of sulfonamides is 1. The number of aryl methyl sites for hydroxylation is 1. The lowest BCUT2D eigenvalue weighted by molar-refractivity contribution is -0.113. The van der Waals surface area contributed by atoms with Crippen LogP contribution in [0.2, 0.25) is 0 Å². The third-order valence-electron chi connectivity index (χ3n) is 3.88. The molecule has 0 atom stereocenters. The van der Waals surface area contributed by atoms with Crippen LogP contribution in [-0.4, -0.2) is 37.1 Å². The lowest BCUT2D eigenvalue weighted by Crippen LogP contribution is -2.20. The number of aromatic nitrogens is 2. The molecule has 1 heterocycles. The Morgan fingerprint density at radius 3 is 2.70 bits per heavy atom. The molecule has 0 aliphatic heterocycles. The van der Waals surface area contributed by atoms with Gasteiger partial charge in [0, 0.05) is 11.1 Å². The third kappa shape index (κ3) is 4.44. The lowest BCUT2D eigenvalue weighted by atomic mass is 10.2. The first-order valence-electron chi connectivity index (χ1n) is 8.07. The highest BCUT2D eigenvalue weighted by atomic mass is 32.2. The second-order valence-corrected chi connectivity index (χ2v) is 8.54. The number of anilines is 1. The van der Waals surface area contributed by atoms with Gasteiger partial charge in [0.25, 0.3) is 0 Å². The monoisotopic (exact) mass is 402 g/mol. The highest BCUT2D eigenvalue weighted by Gasteiger charge is 2.16. The van der Waals surface area contributed by atoms with E-state index in [4.69, 9.17) is 0 Å². The van der Waals surface area contributed by atoms with Gasteiger partial charge >= 0.3 is 0 Å². The minimum atomic E-state index is -3.59. The maximum absolute atomic E-state index is 12.3. The molecule has 140 valence electrons. The molecule has 0 radical (unpaired) electrons. The molecule has 1 aromatic heterocycles. The Morgan fingerprint density at radius 2 is 1.93 bits per heavy atom. The molecular weight excluding hydrogens is 384 g/mol. The van der Waals surface area contributed by atoms with E-state index in [9.17, 15) is 13.2 Å². The zero-order chi connectivity index (χ0) is 19.4. The van der Waals surface area contributed by atoms with Crippen molar-refractivity contribution in [1.29, 1.82) is 0 Å². The van der Waals surface area contributed by atoms with Crippen molar-refractivity contribution in [2.24, 2.45) is 0 Å². The molecule has 2 N–H and O–H groups in total. The van der Waals surface area contributed by atoms with Gasteiger partial charge in [-0.05, 0) is 37.7 Å². The summed E-state index contributed by atoms with van der Waals surface area (Å²) in [5, 5.41) is 4.33. The van der Waals surface area contributed by atoms with Gasteiger partial charge < -0.3 is 5.32 Å². The average Bonchev–Trinajstić information content (AvgIpc) is 2.67. The van der Waals surface area contributed by atoms with E-state index in [2.05, 4.69) is 20.0 Å². The summed E-state index contributed by atoms with van der Waals surface area (Å²) in [4.78, 5) is 20.9. The Bertz CT molecular complexity index is 1100. The minimum absolute atomic E-state index is 0.136. The third-order valence-corrected chi connectivity index (χ3v) is 6.44. The average molecular weight is 403 g/mol. The normalized spacial score (nSPS) is 11.5. The summed E-state index contributed by atoms with van der Waals surface area (Å²) >= 11 is 1.30. The quantitative estimate of drug-likeness (QED) is 0.485. The van der Waals surface area contributed by atoms with E-state index >= 15 is 0 Å². The fraction of sp³-hybridized carbons (Fsp3) is 0.167. The number of carbonyl (C=O) groups excluding carboxylic acids is 1. The summed E-state index contributed by atoms with van der Waals surface area (Å²) < 4.78 is 26.4. The van der Waals surface area contributed by atoms with E-state index in [1.807, 2.05) is 24.3 Å². The van der Waals surface area contributed by atoms with Crippen LogP contribution in [0, 0.1) is 6.92 Å². The molecule has 0 fully saturated rings. The summed E-state index contributed by atoms with van der Waals surface area (Å²) in [6.45, 7) is 1.70. The van der Waals surface area contributed by atoms with E-state index in [0.717, 1.165) is 15.9 Å². The van der Waals surface area contributed by atoms with E-state index in [0.29, 0.717) is 11.3 Å². The van der Waals surface area contributed by atoms with Gasteiger partial charge in [-0.25, -0.2) is 23.1 Å². The predicted molar refractivity (Wildman–Crippen MR) is 106 cm³/mol. The van der Waals surface area contributed by atoms with Crippen LogP contribution in [0.25, 0.3) is 10.9 Å². The molecular formula is C18H18N4O3S2. The second-order valence-electron chi connectivity index (χ2n) is 5.72. The number of hydrogen-bond donors (Lipinski definition) is 2. The number of nitrogens with one attached hydrogen (secondary N) is 2. The maximum atomic E-state index is 12.3. The van der Waals surface area contributed by atoms with Crippen molar-refractivity contribution < 1.29 is 13.2 Å². The van der Waals surface area contributed by atoms with Gasteiger partial charge in [0.2, 0.25) is 15.9 Å². The molecule has 27 heavy (non-hydrogen) atoms. The molecule has 0 saturated heterocycles. The van der Waals surface area contributed by atoms with Gasteiger partial charge in [0.05, 0.1) is 16.2 Å². The molecule has 2 aromatic carbocycles. The van der Waals surface area contributed by atoms with Crippen LogP contribution >= 0.6 is 11.8 Å². The molecule has 0 aliphatic rings. The SMILES string of the molecule is CNS(=O)(=O)c1cc(NC(=O)CSc2ncnc3ccccc23)ccc1C. The summed E-state index contributed by atoms with van der Waals surface area (Å²) in [5.41, 5.74) is 1.84. The predicted octanol–water partition coefficient (Wildman–Crippen LogP) is 2.58. The first-order valence-corrected chi connectivity index (χ1v) is 10.5. The van der Waals surface area contributed by atoms with E-state index in [1.54, 1.807) is 19.1 Å². The van der Waals surface area contributed by atoms with E-state index in [1.165, 1.54) is 31.2 Å². The Balaban J connectivity index is 1.72. The molecule has 1 amide bonds. The van der Waals surface area contributed by atoms with Crippen LogP contribution in [0.5, 0.6) is 0 Å². The summed E-state index contributed by atoms with van der Waals surface area (Å²) in [7, 11) is -2.24. The van der Waals surface area contributed by atoms with Crippen LogP contribution in [0.15, 0.2) is 58.7 Å². The first kappa shape index (κ1) is 19.3. The van der Waals surface area contributed by atoms with Crippen molar-refractivity contribution in [2.75, 3.05) is 18.1 Å². The van der Waals surface area contributed by atoms with Crippen LogP contribution in [-0.2, 0) is 14.8 Å².